The van der Waals surface area contributed by atoms with Gasteiger partial charge < -0.3 is 0 Å². The predicted molar refractivity (Wildman–Crippen MR) is 56.2 cm³/mol. The van der Waals surface area contributed by atoms with E-state index in [1.165, 1.54) is 0 Å². The van der Waals surface area contributed by atoms with Crippen LogP contribution in [0.25, 0.3) is 0 Å². The Morgan fingerprint density at radius 1 is 1.75 bits per heavy atom. The minimum Gasteiger partial charge on any atom is -0.294 e. The van der Waals surface area contributed by atoms with Gasteiger partial charge in [-0.3, -0.25) is 9.69 Å². The SMILES string of the molecule is C=CCN1C(=O)CCCSC1=S. The Kier molecular flexibility index (Phi) is 3.75. The van der Waals surface area contributed by atoms with Crippen molar-refractivity contribution in [2.45, 2.75) is 12.8 Å². The molecule has 12 heavy (non-hydrogen) atoms. The molecule has 0 bridgehead atoms. The molecule has 1 saturated heterocycles. The molecule has 0 aromatic rings. The number of amides is 1. The molecule has 0 aliphatic carbocycles. The van der Waals surface area contributed by atoms with Crippen LogP contribution in [0.4, 0.5) is 0 Å². The molecule has 0 aromatic heterocycles. The smallest absolute Gasteiger partial charge is 0.228 e. The van der Waals surface area contributed by atoms with E-state index in [9.17, 15) is 4.79 Å². The fraction of sp³-hybridized carbons (Fsp3) is 0.500. The second kappa shape index (κ2) is 4.62. The van der Waals surface area contributed by atoms with E-state index in [0.29, 0.717) is 17.3 Å². The van der Waals surface area contributed by atoms with E-state index in [1.807, 2.05) is 0 Å². The molecule has 0 radical (unpaired) electrons. The lowest BCUT2D eigenvalue weighted by Crippen LogP contribution is -2.32. The van der Waals surface area contributed by atoms with Crippen LogP contribution in [0.15, 0.2) is 12.7 Å². The van der Waals surface area contributed by atoms with Crippen molar-refractivity contribution >= 4 is 34.2 Å². The van der Waals surface area contributed by atoms with Crippen LogP contribution in [0.2, 0.25) is 0 Å². The first-order chi connectivity index (χ1) is 5.75. The number of nitrogens with zero attached hydrogens (tertiary/aromatic N) is 1. The summed E-state index contributed by atoms with van der Waals surface area (Å²) in [7, 11) is 0. The lowest BCUT2D eigenvalue weighted by atomic mass is 10.3. The third-order valence-corrected chi connectivity index (χ3v) is 3.13. The molecule has 1 aliphatic heterocycles. The predicted octanol–water partition coefficient (Wildman–Crippen LogP) is 1.81. The molecule has 1 rings (SSSR count). The van der Waals surface area contributed by atoms with E-state index in [-0.39, 0.29) is 5.91 Å². The Labute approximate surface area is 82.0 Å². The number of thioether (sulfide) groups is 1. The first kappa shape index (κ1) is 9.74. The fourth-order valence-corrected chi connectivity index (χ4v) is 2.22. The molecule has 0 unspecified atom stereocenters. The Bertz CT molecular complexity index is 197. The van der Waals surface area contributed by atoms with Crippen LogP contribution >= 0.6 is 24.0 Å². The topological polar surface area (TPSA) is 20.3 Å². The van der Waals surface area contributed by atoms with Crippen molar-refractivity contribution in [3.05, 3.63) is 12.7 Å². The molecule has 1 fully saturated rings. The summed E-state index contributed by atoms with van der Waals surface area (Å²) < 4.78 is 0.692. The first-order valence-electron chi connectivity index (χ1n) is 3.83. The summed E-state index contributed by atoms with van der Waals surface area (Å²) in [5.41, 5.74) is 0. The van der Waals surface area contributed by atoms with Gasteiger partial charge in [0.05, 0.1) is 0 Å². The van der Waals surface area contributed by atoms with Crippen molar-refractivity contribution in [1.82, 2.24) is 4.90 Å². The second-order valence-electron chi connectivity index (χ2n) is 2.51. The summed E-state index contributed by atoms with van der Waals surface area (Å²) in [6, 6.07) is 0. The van der Waals surface area contributed by atoms with Crippen LogP contribution in [0.5, 0.6) is 0 Å². The Morgan fingerprint density at radius 2 is 2.50 bits per heavy atom. The zero-order valence-corrected chi connectivity index (χ0v) is 8.42. The van der Waals surface area contributed by atoms with Crippen molar-refractivity contribution in [1.29, 1.82) is 0 Å². The summed E-state index contributed by atoms with van der Waals surface area (Å²) in [5.74, 6) is 1.09. The maximum atomic E-state index is 11.4. The van der Waals surface area contributed by atoms with Gasteiger partial charge in [-0.05, 0) is 6.42 Å². The lowest BCUT2D eigenvalue weighted by molar-refractivity contribution is -0.126. The number of hydrogen-bond donors (Lipinski definition) is 0. The summed E-state index contributed by atoms with van der Waals surface area (Å²) in [5, 5.41) is 0. The first-order valence-corrected chi connectivity index (χ1v) is 5.23. The molecule has 2 nitrogen and oxygen atoms in total. The molecule has 0 atom stereocenters. The maximum absolute atomic E-state index is 11.4. The van der Waals surface area contributed by atoms with Crippen LogP contribution in [-0.4, -0.2) is 27.4 Å². The van der Waals surface area contributed by atoms with E-state index in [0.717, 1.165) is 12.2 Å². The number of carbonyl (C=O) groups excluding carboxylic acids is 1. The van der Waals surface area contributed by atoms with Crippen molar-refractivity contribution in [2.75, 3.05) is 12.3 Å². The largest absolute Gasteiger partial charge is 0.294 e. The second-order valence-corrected chi connectivity index (χ2v) is 4.24. The van der Waals surface area contributed by atoms with Gasteiger partial charge in [-0.25, -0.2) is 0 Å². The molecular weight excluding hydrogens is 190 g/mol. The van der Waals surface area contributed by atoms with Crippen LogP contribution < -0.4 is 0 Å². The van der Waals surface area contributed by atoms with Crippen molar-refractivity contribution in [3.8, 4) is 0 Å². The molecule has 0 N–H and O–H groups in total. The highest BCUT2D eigenvalue weighted by Gasteiger charge is 2.19. The monoisotopic (exact) mass is 201 g/mol. The summed E-state index contributed by atoms with van der Waals surface area (Å²) >= 11 is 6.66. The van der Waals surface area contributed by atoms with Gasteiger partial charge in [0.25, 0.3) is 0 Å². The number of carbonyl (C=O) groups is 1. The Hall–Kier alpha value is -0.350. The van der Waals surface area contributed by atoms with Crippen molar-refractivity contribution in [2.24, 2.45) is 0 Å². The standard InChI is InChI=1S/C8H11NOS2/c1-2-5-9-7(10)4-3-6-12-8(9)11/h2H,1,3-6H2. The number of rotatable bonds is 2. The van der Waals surface area contributed by atoms with Gasteiger partial charge in [-0.15, -0.1) is 6.58 Å². The summed E-state index contributed by atoms with van der Waals surface area (Å²) in [6.07, 6.45) is 3.24. The number of hydrogen-bond acceptors (Lipinski definition) is 3. The van der Waals surface area contributed by atoms with Gasteiger partial charge in [-0.2, -0.15) is 0 Å². The Balaban J connectivity index is 2.67. The van der Waals surface area contributed by atoms with Crippen molar-refractivity contribution in [3.63, 3.8) is 0 Å². The summed E-state index contributed by atoms with van der Waals surface area (Å²) in [6.45, 7) is 4.14. The molecule has 1 amide bonds. The highest BCUT2D eigenvalue weighted by Crippen LogP contribution is 2.17. The zero-order valence-electron chi connectivity index (χ0n) is 6.78. The molecule has 0 saturated carbocycles. The van der Waals surface area contributed by atoms with Crippen molar-refractivity contribution < 1.29 is 4.79 Å². The van der Waals surface area contributed by atoms with Gasteiger partial charge in [-0.1, -0.05) is 30.1 Å². The molecular formula is C8H11NOS2. The highest BCUT2D eigenvalue weighted by molar-refractivity contribution is 8.23. The van der Waals surface area contributed by atoms with Gasteiger partial charge in [0, 0.05) is 18.7 Å². The van der Waals surface area contributed by atoms with E-state index in [2.05, 4.69) is 6.58 Å². The maximum Gasteiger partial charge on any atom is 0.228 e. The van der Waals surface area contributed by atoms with Crippen LogP contribution in [0.1, 0.15) is 12.8 Å². The molecule has 4 heteroatoms. The van der Waals surface area contributed by atoms with E-state index >= 15 is 0 Å². The minimum atomic E-state index is 0.130. The number of thiocarbonyl (C=S) groups is 1. The Morgan fingerprint density at radius 3 is 3.17 bits per heavy atom. The highest BCUT2D eigenvalue weighted by atomic mass is 32.2. The fourth-order valence-electron chi connectivity index (χ4n) is 1.00. The minimum absolute atomic E-state index is 0.130. The summed E-state index contributed by atoms with van der Waals surface area (Å²) in [4.78, 5) is 13.0. The van der Waals surface area contributed by atoms with Crippen LogP contribution in [0.3, 0.4) is 0 Å². The van der Waals surface area contributed by atoms with E-state index in [1.54, 1.807) is 22.7 Å². The van der Waals surface area contributed by atoms with Crippen LogP contribution in [0, 0.1) is 0 Å². The lowest BCUT2D eigenvalue weighted by Gasteiger charge is -2.17. The average Bonchev–Trinajstić information content (AvgIpc) is 2.19. The molecule has 1 aliphatic rings. The molecule has 0 aromatic carbocycles. The van der Waals surface area contributed by atoms with Gasteiger partial charge in [0.1, 0.15) is 4.32 Å². The average molecular weight is 201 g/mol. The normalized spacial score (nSPS) is 19.2. The van der Waals surface area contributed by atoms with Crippen LogP contribution in [-0.2, 0) is 4.79 Å². The van der Waals surface area contributed by atoms with E-state index < -0.39 is 0 Å². The van der Waals surface area contributed by atoms with Gasteiger partial charge in [0.2, 0.25) is 5.91 Å². The quantitative estimate of drug-likeness (QED) is 0.502. The van der Waals surface area contributed by atoms with Gasteiger partial charge in [0.15, 0.2) is 0 Å². The molecule has 1 heterocycles. The third-order valence-electron chi connectivity index (χ3n) is 1.59. The third kappa shape index (κ3) is 2.32. The molecule has 66 valence electrons. The zero-order chi connectivity index (χ0) is 8.97. The van der Waals surface area contributed by atoms with E-state index in [4.69, 9.17) is 12.2 Å². The van der Waals surface area contributed by atoms with Gasteiger partial charge >= 0.3 is 0 Å². The molecule has 0 spiro atoms.